The molecule has 0 aromatic heterocycles. The molecule has 92 valence electrons. The fraction of sp³-hybridized carbons (Fsp3) is 0.500. The Bertz CT molecular complexity index is 440. The van der Waals surface area contributed by atoms with Crippen LogP contribution in [0.15, 0.2) is 18.2 Å². The van der Waals surface area contributed by atoms with Gasteiger partial charge in [0.25, 0.3) is 0 Å². The summed E-state index contributed by atoms with van der Waals surface area (Å²) in [5.74, 6) is 0.484. The summed E-state index contributed by atoms with van der Waals surface area (Å²) in [5, 5.41) is 9.26. The second kappa shape index (κ2) is 4.40. The Kier molecular flexibility index (Phi) is 3.09. The van der Waals surface area contributed by atoms with Gasteiger partial charge < -0.3 is 5.11 Å². The summed E-state index contributed by atoms with van der Waals surface area (Å²) in [4.78, 5) is 12.8. The van der Waals surface area contributed by atoms with Crippen LogP contribution in [-0.4, -0.2) is 17.2 Å². The zero-order chi connectivity index (χ0) is 12.6. The van der Waals surface area contributed by atoms with Gasteiger partial charge in [-0.3, -0.25) is 4.90 Å². The highest BCUT2D eigenvalue weighted by atomic mass is 16.4. The van der Waals surface area contributed by atoms with Gasteiger partial charge in [-0.05, 0) is 42.9 Å². The topological polar surface area (TPSA) is 40.5 Å². The van der Waals surface area contributed by atoms with Crippen LogP contribution >= 0.6 is 0 Å². The maximum atomic E-state index is 11.3. The van der Waals surface area contributed by atoms with E-state index in [4.69, 9.17) is 0 Å². The molecule has 1 aromatic rings. The number of nitrogens with zero attached hydrogens (tertiary/aromatic N) is 1. The highest BCUT2D eigenvalue weighted by molar-refractivity contribution is 5.88. The van der Waals surface area contributed by atoms with Crippen LogP contribution in [0.3, 0.4) is 0 Å². The lowest BCUT2D eigenvalue weighted by molar-refractivity contribution is 0.198. The second-order valence-corrected chi connectivity index (χ2v) is 5.08. The van der Waals surface area contributed by atoms with Crippen molar-refractivity contribution in [2.45, 2.75) is 45.6 Å². The van der Waals surface area contributed by atoms with Crippen LogP contribution in [0.1, 0.15) is 44.2 Å². The normalized spacial score (nSPS) is 19.3. The summed E-state index contributed by atoms with van der Waals surface area (Å²) in [5.41, 5.74) is 3.31. The third-order valence-electron chi connectivity index (χ3n) is 3.51. The number of carbonyl (C=O) groups is 1. The van der Waals surface area contributed by atoms with Crippen molar-refractivity contribution < 1.29 is 9.90 Å². The molecule has 0 bridgehead atoms. The number of benzene rings is 1. The molecule has 1 N–H and O–H groups in total. The van der Waals surface area contributed by atoms with Gasteiger partial charge in [-0.1, -0.05) is 26.0 Å². The van der Waals surface area contributed by atoms with Crippen LogP contribution in [-0.2, 0) is 6.42 Å². The van der Waals surface area contributed by atoms with Gasteiger partial charge in [-0.2, -0.15) is 0 Å². The van der Waals surface area contributed by atoms with E-state index in [1.165, 1.54) is 10.5 Å². The van der Waals surface area contributed by atoms with Crippen LogP contribution < -0.4 is 4.90 Å². The lowest BCUT2D eigenvalue weighted by Crippen LogP contribution is -2.41. The molecule has 1 aliphatic heterocycles. The van der Waals surface area contributed by atoms with Gasteiger partial charge >= 0.3 is 6.09 Å². The average molecular weight is 233 g/mol. The molecule has 0 saturated heterocycles. The smallest absolute Gasteiger partial charge is 0.412 e. The summed E-state index contributed by atoms with van der Waals surface area (Å²) in [7, 11) is 0. The van der Waals surface area contributed by atoms with Gasteiger partial charge in [0.15, 0.2) is 0 Å². The number of carboxylic acid groups (broad SMARTS) is 1. The SMILES string of the molecule is CC(C)c1ccc2c(c1)CC[C@H](C)N2C(=O)O. The molecule has 3 heteroatoms. The van der Waals surface area contributed by atoms with Gasteiger partial charge in [0.1, 0.15) is 0 Å². The molecule has 1 amide bonds. The fourth-order valence-corrected chi connectivity index (χ4v) is 2.42. The lowest BCUT2D eigenvalue weighted by atomic mass is 9.92. The molecular formula is C14H19NO2. The van der Waals surface area contributed by atoms with Gasteiger partial charge in [-0.15, -0.1) is 0 Å². The molecule has 1 atom stereocenters. The van der Waals surface area contributed by atoms with Gasteiger partial charge in [0.05, 0.1) is 5.69 Å². The summed E-state index contributed by atoms with van der Waals surface area (Å²) in [6.07, 6.45) is 1.03. The monoisotopic (exact) mass is 233 g/mol. The highest BCUT2D eigenvalue weighted by Crippen LogP contribution is 2.32. The van der Waals surface area contributed by atoms with Crippen molar-refractivity contribution in [2.24, 2.45) is 0 Å². The van der Waals surface area contributed by atoms with E-state index in [9.17, 15) is 9.90 Å². The number of rotatable bonds is 1. The predicted octanol–water partition coefficient (Wildman–Crippen LogP) is 3.63. The maximum absolute atomic E-state index is 11.3. The first-order valence-electron chi connectivity index (χ1n) is 6.15. The van der Waals surface area contributed by atoms with Crippen molar-refractivity contribution in [2.75, 3.05) is 4.90 Å². The number of hydrogen-bond acceptors (Lipinski definition) is 1. The largest absolute Gasteiger partial charge is 0.465 e. The molecule has 17 heavy (non-hydrogen) atoms. The first-order valence-corrected chi connectivity index (χ1v) is 6.15. The molecule has 0 radical (unpaired) electrons. The van der Waals surface area contributed by atoms with E-state index in [1.807, 2.05) is 19.1 Å². The third-order valence-corrected chi connectivity index (χ3v) is 3.51. The molecule has 0 fully saturated rings. The van der Waals surface area contributed by atoms with Crippen molar-refractivity contribution in [1.82, 2.24) is 0 Å². The number of amides is 1. The Hall–Kier alpha value is -1.51. The van der Waals surface area contributed by atoms with Gasteiger partial charge in [0, 0.05) is 6.04 Å². The first-order chi connectivity index (χ1) is 8.00. The van der Waals surface area contributed by atoms with E-state index < -0.39 is 6.09 Å². The van der Waals surface area contributed by atoms with Crippen molar-refractivity contribution in [3.05, 3.63) is 29.3 Å². The van der Waals surface area contributed by atoms with E-state index in [0.717, 1.165) is 24.1 Å². The molecular weight excluding hydrogens is 214 g/mol. The molecule has 0 saturated carbocycles. The summed E-state index contributed by atoms with van der Waals surface area (Å²) < 4.78 is 0. The van der Waals surface area contributed by atoms with Crippen LogP contribution in [0.2, 0.25) is 0 Å². The Labute approximate surface area is 102 Å². The lowest BCUT2D eigenvalue weighted by Gasteiger charge is -2.33. The van der Waals surface area contributed by atoms with Crippen molar-refractivity contribution in [1.29, 1.82) is 0 Å². The molecule has 2 rings (SSSR count). The Morgan fingerprint density at radius 1 is 1.47 bits per heavy atom. The van der Waals surface area contributed by atoms with Crippen LogP contribution in [0, 0.1) is 0 Å². The average Bonchev–Trinajstić information content (AvgIpc) is 2.27. The maximum Gasteiger partial charge on any atom is 0.412 e. The third kappa shape index (κ3) is 2.14. The number of hydrogen-bond donors (Lipinski definition) is 1. The molecule has 0 aliphatic carbocycles. The minimum atomic E-state index is -0.851. The zero-order valence-corrected chi connectivity index (χ0v) is 10.6. The summed E-state index contributed by atoms with van der Waals surface area (Å²) >= 11 is 0. The highest BCUT2D eigenvalue weighted by Gasteiger charge is 2.27. The van der Waals surface area contributed by atoms with Crippen LogP contribution in [0.25, 0.3) is 0 Å². The Morgan fingerprint density at radius 2 is 2.18 bits per heavy atom. The first kappa shape index (κ1) is 12.0. The minimum absolute atomic E-state index is 0.0740. The molecule has 0 unspecified atom stereocenters. The molecule has 1 aromatic carbocycles. The Morgan fingerprint density at radius 3 is 2.76 bits per heavy atom. The van der Waals surface area contributed by atoms with Crippen molar-refractivity contribution >= 4 is 11.8 Å². The van der Waals surface area contributed by atoms with Gasteiger partial charge in [-0.25, -0.2) is 4.79 Å². The number of aryl methyl sites for hydroxylation is 1. The van der Waals surface area contributed by atoms with Gasteiger partial charge in [0.2, 0.25) is 0 Å². The quantitative estimate of drug-likeness (QED) is 0.804. The number of anilines is 1. The molecule has 1 aliphatic rings. The van der Waals surface area contributed by atoms with E-state index in [1.54, 1.807) is 0 Å². The second-order valence-electron chi connectivity index (χ2n) is 5.08. The number of fused-ring (bicyclic) bond motifs is 1. The molecule has 1 heterocycles. The van der Waals surface area contributed by atoms with E-state index in [0.29, 0.717) is 5.92 Å². The standard InChI is InChI=1S/C14H19NO2/c1-9(2)11-6-7-13-12(8-11)5-4-10(3)15(13)14(16)17/h6-10H,4-5H2,1-3H3,(H,16,17)/t10-/m0/s1. The Balaban J connectivity index is 2.44. The molecule has 3 nitrogen and oxygen atoms in total. The van der Waals surface area contributed by atoms with Crippen LogP contribution in [0.5, 0.6) is 0 Å². The van der Waals surface area contributed by atoms with Crippen molar-refractivity contribution in [3.8, 4) is 0 Å². The van der Waals surface area contributed by atoms with Crippen molar-refractivity contribution in [3.63, 3.8) is 0 Å². The van der Waals surface area contributed by atoms with Crippen LogP contribution in [0.4, 0.5) is 10.5 Å². The predicted molar refractivity (Wildman–Crippen MR) is 68.8 cm³/mol. The summed E-state index contributed by atoms with van der Waals surface area (Å²) in [6.45, 7) is 6.28. The molecule has 0 spiro atoms. The minimum Gasteiger partial charge on any atom is -0.465 e. The van der Waals surface area contributed by atoms with E-state index in [-0.39, 0.29) is 6.04 Å². The fourth-order valence-electron chi connectivity index (χ4n) is 2.42. The zero-order valence-electron chi connectivity index (χ0n) is 10.6. The van der Waals surface area contributed by atoms with E-state index >= 15 is 0 Å². The van der Waals surface area contributed by atoms with E-state index in [2.05, 4.69) is 19.9 Å². The summed E-state index contributed by atoms with van der Waals surface area (Å²) in [6, 6.07) is 6.22.